The Kier molecular flexibility index (Phi) is 5.11. The summed E-state index contributed by atoms with van der Waals surface area (Å²) in [6.45, 7) is 1.97. The third-order valence-electron chi connectivity index (χ3n) is 3.26. The Bertz CT molecular complexity index is 551. The van der Waals surface area contributed by atoms with Gasteiger partial charge < -0.3 is 9.47 Å². The van der Waals surface area contributed by atoms with E-state index in [0.717, 1.165) is 5.56 Å². The van der Waals surface area contributed by atoms with Gasteiger partial charge in [0, 0.05) is 31.8 Å². The molecule has 0 radical (unpaired) electrons. The molecule has 21 heavy (non-hydrogen) atoms. The monoisotopic (exact) mass is 314 g/mol. The highest BCUT2D eigenvalue weighted by atomic mass is 35.5. The summed E-state index contributed by atoms with van der Waals surface area (Å²) >= 11 is 6.06. The molecule has 1 heterocycles. The van der Waals surface area contributed by atoms with E-state index < -0.39 is 17.0 Å². The Hall–Kier alpha value is -1.70. The van der Waals surface area contributed by atoms with Crippen molar-refractivity contribution >= 4 is 23.3 Å². The van der Waals surface area contributed by atoms with Gasteiger partial charge >= 0.3 is 5.97 Å². The Balaban J connectivity index is 2.04. The fourth-order valence-corrected chi connectivity index (χ4v) is 2.37. The van der Waals surface area contributed by atoms with Crippen LogP contribution in [0.15, 0.2) is 18.2 Å². The van der Waals surface area contributed by atoms with Crippen LogP contribution in [0.5, 0.6) is 0 Å². The molecular formula is C13H15ClN2O5. The smallest absolute Gasteiger partial charge is 0.336 e. The summed E-state index contributed by atoms with van der Waals surface area (Å²) in [4.78, 5) is 23.7. The first-order valence-corrected chi connectivity index (χ1v) is 6.73. The van der Waals surface area contributed by atoms with Crippen LogP contribution in [0.1, 0.15) is 5.56 Å². The van der Waals surface area contributed by atoms with Crippen molar-refractivity contribution in [3.05, 3.63) is 38.9 Å². The Morgan fingerprint density at radius 2 is 2.38 bits per heavy atom. The number of hydrogen-bond donors (Lipinski definition) is 0. The largest absolute Gasteiger partial charge is 0.467 e. The predicted molar refractivity (Wildman–Crippen MR) is 75.1 cm³/mol. The van der Waals surface area contributed by atoms with E-state index in [2.05, 4.69) is 4.74 Å². The summed E-state index contributed by atoms with van der Waals surface area (Å²) in [5.41, 5.74) is 0.728. The molecule has 0 amide bonds. The number of benzene rings is 1. The molecule has 0 spiro atoms. The number of esters is 1. The molecule has 1 aliphatic heterocycles. The average Bonchev–Trinajstić information content (AvgIpc) is 2.48. The van der Waals surface area contributed by atoms with Gasteiger partial charge in [0.25, 0.3) is 5.69 Å². The molecule has 2 rings (SSSR count). The van der Waals surface area contributed by atoms with Crippen LogP contribution in [0.2, 0.25) is 5.02 Å². The molecule has 1 aliphatic rings. The first kappa shape index (κ1) is 15.7. The van der Waals surface area contributed by atoms with E-state index in [4.69, 9.17) is 16.3 Å². The first-order chi connectivity index (χ1) is 10.0. The van der Waals surface area contributed by atoms with Crippen molar-refractivity contribution < 1.29 is 19.2 Å². The maximum absolute atomic E-state index is 11.5. The number of methoxy groups -OCH3 is 1. The summed E-state index contributed by atoms with van der Waals surface area (Å²) in [6, 6.07) is 4.37. The molecule has 7 nitrogen and oxygen atoms in total. The second kappa shape index (κ2) is 6.84. The zero-order chi connectivity index (χ0) is 15.4. The lowest BCUT2D eigenvalue weighted by Gasteiger charge is -2.31. The molecule has 1 aromatic carbocycles. The van der Waals surface area contributed by atoms with Gasteiger partial charge in [0.15, 0.2) is 6.10 Å². The Morgan fingerprint density at radius 1 is 1.62 bits per heavy atom. The SMILES string of the molecule is COC(=O)C1CN(Cc2ccc([N+](=O)[O-])cc2Cl)CCO1. The third-order valence-corrected chi connectivity index (χ3v) is 3.61. The lowest BCUT2D eigenvalue weighted by atomic mass is 10.1. The third kappa shape index (κ3) is 3.90. The summed E-state index contributed by atoms with van der Waals surface area (Å²) in [5, 5.41) is 11.0. The number of nitro groups is 1. The average molecular weight is 315 g/mol. The molecule has 1 aromatic rings. The second-order valence-electron chi connectivity index (χ2n) is 4.65. The van der Waals surface area contributed by atoms with Crippen molar-refractivity contribution in [2.24, 2.45) is 0 Å². The molecule has 1 fully saturated rings. The molecule has 114 valence electrons. The normalized spacial score (nSPS) is 19.2. The molecule has 1 saturated heterocycles. The molecule has 1 atom stereocenters. The van der Waals surface area contributed by atoms with Gasteiger partial charge in [-0.3, -0.25) is 15.0 Å². The number of ether oxygens (including phenoxy) is 2. The van der Waals surface area contributed by atoms with Crippen LogP contribution in [0.4, 0.5) is 5.69 Å². The maximum atomic E-state index is 11.5. The van der Waals surface area contributed by atoms with E-state index in [1.165, 1.54) is 19.2 Å². The highest BCUT2D eigenvalue weighted by Crippen LogP contribution is 2.24. The molecule has 1 unspecified atom stereocenters. The fraction of sp³-hybridized carbons (Fsp3) is 0.462. The van der Waals surface area contributed by atoms with Crippen molar-refractivity contribution in [1.29, 1.82) is 0 Å². The Morgan fingerprint density at radius 3 is 3.00 bits per heavy atom. The number of carbonyl (C=O) groups excluding carboxylic acids is 1. The van der Waals surface area contributed by atoms with Gasteiger partial charge in [-0.25, -0.2) is 4.79 Å². The summed E-state index contributed by atoms with van der Waals surface area (Å²) in [5.74, 6) is -0.408. The number of halogens is 1. The second-order valence-corrected chi connectivity index (χ2v) is 5.06. The van der Waals surface area contributed by atoms with Gasteiger partial charge in [-0.2, -0.15) is 0 Å². The summed E-state index contributed by atoms with van der Waals surface area (Å²) < 4.78 is 10.0. The van der Waals surface area contributed by atoms with Crippen molar-refractivity contribution in [3.8, 4) is 0 Å². The number of non-ortho nitro benzene ring substituents is 1. The maximum Gasteiger partial charge on any atom is 0.336 e. The minimum Gasteiger partial charge on any atom is -0.467 e. The lowest BCUT2D eigenvalue weighted by molar-refractivity contribution is -0.384. The van der Waals surface area contributed by atoms with Gasteiger partial charge in [-0.05, 0) is 11.6 Å². The number of rotatable bonds is 4. The minimum atomic E-state index is -0.611. The quantitative estimate of drug-likeness (QED) is 0.477. The van der Waals surface area contributed by atoms with Gasteiger partial charge in [0.1, 0.15) is 0 Å². The number of nitro benzene ring substituents is 1. The molecule has 0 bridgehead atoms. The summed E-state index contributed by atoms with van der Waals surface area (Å²) in [6.07, 6.45) is -0.611. The lowest BCUT2D eigenvalue weighted by Crippen LogP contribution is -2.46. The van der Waals surface area contributed by atoms with Crippen LogP contribution in [0, 0.1) is 10.1 Å². The van der Waals surface area contributed by atoms with Crippen molar-refractivity contribution in [2.45, 2.75) is 12.6 Å². The standard InChI is InChI=1S/C13H15ClN2O5/c1-20-13(17)12-8-15(4-5-21-12)7-9-2-3-10(16(18)19)6-11(9)14/h2-3,6,12H,4-5,7-8H2,1H3. The zero-order valence-corrected chi connectivity index (χ0v) is 12.2. The van der Waals surface area contributed by atoms with E-state index in [-0.39, 0.29) is 5.69 Å². The Labute approximate surface area is 126 Å². The van der Waals surface area contributed by atoms with Gasteiger partial charge in [-0.15, -0.1) is 0 Å². The molecule has 0 aromatic heterocycles. The van der Waals surface area contributed by atoms with Crippen LogP contribution >= 0.6 is 11.6 Å². The molecule has 0 aliphatic carbocycles. The highest BCUT2D eigenvalue weighted by Gasteiger charge is 2.27. The minimum absolute atomic E-state index is 0.0434. The number of hydrogen-bond acceptors (Lipinski definition) is 6. The van der Waals surface area contributed by atoms with Crippen LogP contribution in [0.25, 0.3) is 0 Å². The molecular weight excluding hydrogens is 300 g/mol. The molecule has 0 N–H and O–H groups in total. The van der Waals surface area contributed by atoms with Gasteiger partial charge in [0.05, 0.1) is 23.7 Å². The van der Waals surface area contributed by atoms with Crippen LogP contribution in [0.3, 0.4) is 0 Å². The number of nitrogens with zero attached hydrogens (tertiary/aromatic N) is 2. The molecule has 0 saturated carbocycles. The van der Waals surface area contributed by atoms with Crippen LogP contribution < -0.4 is 0 Å². The first-order valence-electron chi connectivity index (χ1n) is 6.36. The van der Waals surface area contributed by atoms with Crippen molar-refractivity contribution in [3.63, 3.8) is 0 Å². The molecule has 8 heteroatoms. The summed E-state index contributed by atoms with van der Waals surface area (Å²) in [7, 11) is 1.32. The van der Waals surface area contributed by atoms with E-state index in [9.17, 15) is 14.9 Å². The zero-order valence-electron chi connectivity index (χ0n) is 11.5. The van der Waals surface area contributed by atoms with E-state index in [1.54, 1.807) is 6.07 Å². The van der Waals surface area contributed by atoms with E-state index >= 15 is 0 Å². The van der Waals surface area contributed by atoms with E-state index in [0.29, 0.717) is 31.3 Å². The fourth-order valence-electron chi connectivity index (χ4n) is 2.14. The van der Waals surface area contributed by atoms with Crippen molar-refractivity contribution in [2.75, 3.05) is 26.8 Å². The van der Waals surface area contributed by atoms with E-state index in [1.807, 2.05) is 4.90 Å². The topological polar surface area (TPSA) is 81.9 Å². The van der Waals surface area contributed by atoms with Gasteiger partial charge in [-0.1, -0.05) is 11.6 Å². The van der Waals surface area contributed by atoms with Crippen LogP contribution in [-0.2, 0) is 20.8 Å². The number of carbonyl (C=O) groups is 1. The van der Waals surface area contributed by atoms with Crippen LogP contribution in [-0.4, -0.2) is 48.7 Å². The van der Waals surface area contributed by atoms with Gasteiger partial charge in [0.2, 0.25) is 0 Å². The predicted octanol–water partition coefficient (Wildman–Crippen LogP) is 1.62. The number of morpholine rings is 1. The highest BCUT2D eigenvalue weighted by molar-refractivity contribution is 6.31. The van der Waals surface area contributed by atoms with Crippen molar-refractivity contribution in [1.82, 2.24) is 4.90 Å².